The van der Waals surface area contributed by atoms with Crippen LogP contribution < -0.4 is 38.5 Å². The molecule has 1 aliphatic heterocycles. The molecule has 0 spiro atoms. The Hall–Kier alpha value is -3.99. The summed E-state index contributed by atoms with van der Waals surface area (Å²) in [5.41, 5.74) is 16.2. The Bertz CT molecular complexity index is 1080. The van der Waals surface area contributed by atoms with Crippen LogP contribution in [0.1, 0.15) is 66.7 Å². The average Bonchev–Trinajstić information content (AvgIpc) is 3.47. The molecule has 17 nitrogen and oxygen atoms in total. The van der Waals surface area contributed by atoms with Crippen molar-refractivity contribution in [1.82, 2.24) is 26.2 Å². The van der Waals surface area contributed by atoms with E-state index in [0.29, 0.717) is 12.8 Å². The van der Waals surface area contributed by atoms with Gasteiger partial charge in [-0.3, -0.25) is 29.0 Å². The SMILES string of the molecule is CCC(C)C(NC(=O)CN)C(=O)NC(C(=O)NC(CCCN=C(N)N)C(=O)NC(C(=O)N1CCCC1C(=O)O)C(C)O)C(C)C. The lowest BCUT2D eigenvalue weighted by Crippen LogP contribution is -2.61. The van der Waals surface area contributed by atoms with Crippen LogP contribution in [0.5, 0.6) is 0 Å². The number of carboxylic acid groups (broad SMARTS) is 1. The summed E-state index contributed by atoms with van der Waals surface area (Å²) in [6, 6.07) is -5.92. The molecule has 45 heavy (non-hydrogen) atoms. The number of nitrogens with two attached hydrogens (primary N) is 3. The molecule has 0 aromatic carbocycles. The molecule has 1 heterocycles. The van der Waals surface area contributed by atoms with Gasteiger partial charge in [-0.05, 0) is 44.4 Å². The van der Waals surface area contributed by atoms with E-state index in [4.69, 9.17) is 17.2 Å². The van der Waals surface area contributed by atoms with Gasteiger partial charge in [-0.15, -0.1) is 0 Å². The highest BCUT2D eigenvalue weighted by Crippen LogP contribution is 2.19. The third-order valence-electron chi connectivity index (χ3n) is 7.69. The van der Waals surface area contributed by atoms with Crippen molar-refractivity contribution in [3.8, 4) is 0 Å². The number of guanidine groups is 1. The zero-order chi connectivity index (χ0) is 34.4. The highest BCUT2D eigenvalue weighted by Gasteiger charge is 2.40. The van der Waals surface area contributed by atoms with Gasteiger partial charge in [-0.25, -0.2) is 4.79 Å². The molecule has 12 N–H and O–H groups in total. The fourth-order valence-corrected chi connectivity index (χ4v) is 4.85. The lowest BCUT2D eigenvalue weighted by Gasteiger charge is -2.31. The van der Waals surface area contributed by atoms with Crippen molar-refractivity contribution in [3.05, 3.63) is 0 Å². The lowest BCUT2D eigenvalue weighted by molar-refractivity contribution is -0.150. The van der Waals surface area contributed by atoms with Crippen LogP contribution >= 0.6 is 0 Å². The van der Waals surface area contributed by atoms with Crippen molar-refractivity contribution in [3.63, 3.8) is 0 Å². The average molecular weight is 642 g/mol. The number of nitrogens with zero attached hydrogens (tertiary/aromatic N) is 2. The van der Waals surface area contributed by atoms with Crippen LogP contribution in [0.2, 0.25) is 0 Å². The van der Waals surface area contributed by atoms with Gasteiger partial charge in [-0.1, -0.05) is 34.1 Å². The standard InChI is InChI=1S/C28H51N9O8/c1-6-15(4)21(34-19(39)13-29)25(42)35-20(14(2)3)24(41)33-17(9-7-11-32-28(30)31)23(40)36-22(16(5)38)26(43)37-12-8-10-18(37)27(44)45/h14-18,20-22,38H,6-13,29H2,1-5H3,(H,33,41)(H,34,39)(H,35,42)(H,36,40)(H,44,45)(H4,30,31,32). The number of aliphatic hydroxyl groups is 1. The molecule has 1 aliphatic rings. The van der Waals surface area contributed by atoms with Gasteiger partial charge in [0.1, 0.15) is 30.2 Å². The fraction of sp³-hybridized carbons (Fsp3) is 0.750. The van der Waals surface area contributed by atoms with Crippen molar-refractivity contribution in [2.75, 3.05) is 19.6 Å². The first kappa shape index (κ1) is 39.0. The minimum absolute atomic E-state index is 0.0113. The minimum atomic E-state index is -1.49. The van der Waals surface area contributed by atoms with Crippen LogP contribution in [0.15, 0.2) is 4.99 Å². The van der Waals surface area contributed by atoms with Gasteiger partial charge >= 0.3 is 5.97 Å². The Balaban J connectivity index is 3.23. The number of aliphatic hydroxyl groups excluding tert-OH is 1. The van der Waals surface area contributed by atoms with E-state index in [-0.39, 0.29) is 50.8 Å². The summed E-state index contributed by atoms with van der Waals surface area (Å²) in [6.07, 6.45) is 0.0871. The molecule has 17 heteroatoms. The Morgan fingerprint density at radius 1 is 0.911 bits per heavy atom. The first-order valence-corrected chi connectivity index (χ1v) is 15.2. The topological polar surface area (TPSA) is 285 Å². The number of amides is 5. The molecule has 0 saturated carbocycles. The molecule has 7 unspecified atom stereocenters. The zero-order valence-corrected chi connectivity index (χ0v) is 26.7. The second-order valence-electron chi connectivity index (χ2n) is 11.6. The largest absolute Gasteiger partial charge is 0.480 e. The third-order valence-corrected chi connectivity index (χ3v) is 7.69. The van der Waals surface area contributed by atoms with Crippen LogP contribution in [0.4, 0.5) is 0 Å². The second-order valence-corrected chi connectivity index (χ2v) is 11.6. The number of aliphatic imine (C=N–C) groups is 1. The number of hydrogen-bond donors (Lipinski definition) is 9. The normalized spacial score (nSPS) is 18.5. The Morgan fingerprint density at radius 3 is 2.02 bits per heavy atom. The van der Waals surface area contributed by atoms with Gasteiger partial charge in [0.2, 0.25) is 29.5 Å². The maximum absolute atomic E-state index is 13.5. The van der Waals surface area contributed by atoms with Gasteiger partial charge in [0.05, 0.1) is 12.6 Å². The zero-order valence-electron chi connectivity index (χ0n) is 26.7. The van der Waals surface area contributed by atoms with Crippen LogP contribution in [0, 0.1) is 11.8 Å². The first-order chi connectivity index (χ1) is 21.0. The van der Waals surface area contributed by atoms with Gasteiger partial charge in [0.25, 0.3) is 0 Å². The van der Waals surface area contributed by atoms with Gasteiger partial charge in [0.15, 0.2) is 5.96 Å². The smallest absolute Gasteiger partial charge is 0.326 e. The van der Waals surface area contributed by atoms with E-state index in [9.17, 15) is 39.0 Å². The van der Waals surface area contributed by atoms with E-state index in [1.54, 1.807) is 20.8 Å². The molecular formula is C28H51N9O8. The number of rotatable bonds is 18. The molecule has 0 aromatic heterocycles. The molecule has 1 saturated heterocycles. The number of hydrogen-bond acceptors (Lipinski definition) is 9. The fourth-order valence-electron chi connectivity index (χ4n) is 4.85. The molecule has 0 bridgehead atoms. The predicted octanol–water partition coefficient (Wildman–Crippen LogP) is -2.90. The first-order valence-electron chi connectivity index (χ1n) is 15.2. The van der Waals surface area contributed by atoms with Crippen LogP contribution in [-0.4, -0.2) is 113 Å². The second kappa shape index (κ2) is 18.7. The van der Waals surface area contributed by atoms with Gasteiger partial charge in [0, 0.05) is 13.1 Å². The maximum atomic E-state index is 13.5. The predicted molar refractivity (Wildman–Crippen MR) is 165 cm³/mol. The highest BCUT2D eigenvalue weighted by atomic mass is 16.4. The summed E-state index contributed by atoms with van der Waals surface area (Å²) >= 11 is 0. The number of aliphatic carboxylic acids is 1. The Kier molecular flexibility index (Phi) is 16.2. The molecule has 1 fully saturated rings. The quantitative estimate of drug-likeness (QED) is 0.0415. The van der Waals surface area contributed by atoms with E-state index in [2.05, 4.69) is 26.3 Å². The molecule has 0 aliphatic carbocycles. The number of carbonyl (C=O) groups excluding carboxylic acids is 5. The van der Waals surface area contributed by atoms with Crippen molar-refractivity contribution in [2.24, 2.45) is 34.0 Å². The van der Waals surface area contributed by atoms with E-state index in [1.807, 2.05) is 6.92 Å². The van der Waals surface area contributed by atoms with Crippen molar-refractivity contribution < 1.29 is 39.0 Å². The molecule has 0 aromatic rings. The summed E-state index contributed by atoms with van der Waals surface area (Å²) in [5, 5.41) is 30.2. The maximum Gasteiger partial charge on any atom is 0.326 e. The van der Waals surface area contributed by atoms with E-state index in [1.165, 1.54) is 6.92 Å². The van der Waals surface area contributed by atoms with Crippen molar-refractivity contribution >= 4 is 41.5 Å². The molecule has 5 amide bonds. The highest BCUT2D eigenvalue weighted by molar-refractivity contribution is 5.96. The Labute approximate surface area is 263 Å². The van der Waals surface area contributed by atoms with Crippen LogP contribution in [0.3, 0.4) is 0 Å². The molecule has 0 radical (unpaired) electrons. The van der Waals surface area contributed by atoms with Crippen molar-refractivity contribution in [1.29, 1.82) is 0 Å². The van der Waals surface area contributed by atoms with E-state index >= 15 is 0 Å². The van der Waals surface area contributed by atoms with Gasteiger partial charge in [-0.2, -0.15) is 0 Å². The summed E-state index contributed by atoms with van der Waals surface area (Å²) in [7, 11) is 0. The van der Waals surface area contributed by atoms with E-state index < -0.39 is 77.7 Å². The minimum Gasteiger partial charge on any atom is -0.480 e. The molecule has 1 rings (SSSR count). The number of likely N-dealkylation sites (tertiary alicyclic amines) is 1. The van der Waals surface area contributed by atoms with Crippen molar-refractivity contribution in [2.45, 2.75) is 103 Å². The molecular weight excluding hydrogens is 590 g/mol. The molecule has 256 valence electrons. The summed E-state index contributed by atoms with van der Waals surface area (Å²) in [6.45, 7) is 8.21. The number of carbonyl (C=O) groups is 6. The van der Waals surface area contributed by atoms with E-state index in [0.717, 1.165) is 4.90 Å². The van der Waals surface area contributed by atoms with Crippen LogP contribution in [0.25, 0.3) is 0 Å². The van der Waals surface area contributed by atoms with Gasteiger partial charge < -0.3 is 53.6 Å². The summed E-state index contributed by atoms with van der Waals surface area (Å²) < 4.78 is 0. The summed E-state index contributed by atoms with van der Waals surface area (Å²) in [5.74, 6) is -5.53. The van der Waals surface area contributed by atoms with Crippen LogP contribution in [-0.2, 0) is 28.8 Å². The third kappa shape index (κ3) is 12.1. The number of carboxylic acids is 1. The number of nitrogens with one attached hydrogen (secondary N) is 4. The summed E-state index contributed by atoms with van der Waals surface area (Å²) in [4.78, 5) is 82.1. The Morgan fingerprint density at radius 2 is 1.51 bits per heavy atom. The molecule has 7 atom stereocenters. The monoisotopic (exact) mass is 641 g/mol. The lowest BCUT2D eigenvalue weighted by atomic mass is 9.96.